The number of nitrogens with zero attached hydrogens (tertiary/aromatic N) is 4. The van der Waals surface area contributed by atoms with Crippen molar-refractivity contribution in [2.24, 2.45) is 0 Å². The first-order valence-corrected chi connectivity index (χ1v) is 8.47. The van der Waals surface area contributed by atoms with Gasteiger partial charge in [0, 0.05) is 30.8 Å². The maximum atomic E-state index is 11.7. The number of nitro benzene ring substituents is 2. The third-order valence-corrected chi connectivity index (χ3v) is 4.62. The first-order valence-electron chi connectivity index (χ1n) is 6.58. The van der Waals surface area contributed by atoms with E-state index in [0.717, 1.165) is 23.6 Å². The standard InChI is InChI=1S/C12H12N4O8S/c1-7-13(3-4-14(7)12(17)18)11-9(15(19)20)5-8(25(2,23)24)6-10(11)16(21)22/h3-7H,1-2H3,(H,17,18)/p-1. The summed E-state index contributed by atoms with van der Waals surface area (Å²) in [6.45, 7) is 1.33. The molecule has 1 aliphatic heterocycles. The lowest BCUT2D eigenvalue weighted by atomic mass is 10.2. The van der Waals surface area contributed by atoms with Gasteiger partial charge in [0.15, 0.2) is 9.84 Å². The van der Waals surface area contributed by atoms with E-state index in [1.54, 1.807) is 0 Å². The molecule has 0 N–H and O–H groups in total. The summed E-state index contributed by atoms with van der Waals surface area (Å²) in [7, 11) is -3.95. The molecular weight excluding hydrogens is 360 g/mol. The highest BCUT2D eigenvalue weighted by atomic mass is 32.2. The van der Waals surface area contributed by atoms with Gasteiger partial charge in [-0.3, -0.25) is 20.2 Å². The van der Waals surface area contributed by atoms with Gasteiger partial charge in [-0.25, -0.2) is 8.42 Å². The number of carboxylic acid groups (broad SMARTS) is 1. The zero-order valence-corrected chi connectivity index (χ0v) is 13.7. The first kappa shape index (κ1) is 18.1. The molecule has 134 valence electrons. The minimum atomic E-state index is -3.95. The van der Waals surface area contributed by atoms with Gasteiger partial charge in [-0.1, -0.05) is 0 Å². The van der Waals surface area contributed by atoms with Crippen LogP contribution in [0.4, 0.5) is 21.9 Å². The molecule has 0 aromatic heterocycles. The van der Waals surface area contributed by atoms with Crippen molar-refractivity contribution in [1.29, 1.82) is 0 Å². The van der Waals surface area contributed by atoms with Gasteiger partial charge in [0.2, 0.25) is 5.69 Å². The number of hydrogen-bond acceptors (Lipinski definition) is 9. The van der Waals surface area contributed by atoms with E-state index in [4.69, 9.17) is 0 Å². The Hall–Kier alpha value is -3.22. The van der Waals surface area contributed by atoms with Crippen LogP contribution in [-0.2, 0) is 9.84 Å². The fraction of sp³-hybridized carbons (Fsp3) is 0.250. The topological polar surface area (TPSA) is 167 Å². The Morgan fingerprint density at radius 1 is 1.12 bits per heavy atom. The number of benzene rings is 1. The lowest BCUT2D eigenvalue weighted by Gasteiger charge is -2.29. The summed E-state index contributed by atoms with van der Waals surface area (Å²) in [6, 6.07) is 1.39. The van der Waals surface area contributed by atoms with Crippen LogP contribution in [0.15, 0.2) is 29.4 Å². The smallest absolute Gasteiger partial charge is 0.301 e. The molecule has 0 aliphatic carbocycles. The van der Waals surface area contributed by atoms with E-state index in [1.807, 2.05) is 0 Å². The number of hydrogen-bond donors (Lipinski definition) is 0. The highest BCUT2D eigenvalue weighted by Crippen LogP contribution is 2.42. The normalized spacial score (nSPS) is 17.0. The number of anilines is 1. The van der Waals surface area contributed by atoms with Gasteiger partial charge in [0.1, 0.15) is 12.3 Å². The third kappa shape index (κ3) is 3.21. The maximum absolute atomic E-state index is 11.7. The van der Waals surface area contributed by atoms with Crippen molar-refractivity contribution in [3.8, 4) is 0 Å². The van der Waals surface area contributed by atoms with E-state index in [2.05, 4.69) is 0 Å². The number of sulfone groups is 1. The van der Waals surface area contributed by atoms with Crippen LogP contribution < -0.4 is 10.0 Å². The van der Waals surface area contributed by atoms with E-state index >= 15 is 0 Å². The minimum absolute atomic E-state index is 0.532. The number of amides is 1. The Bertz CT molecular complexity index is 875. The number of nitro groups is 2. The Morgan fingerprint density at radius 2 is 1.60 bits per heavy atom. The van der Waals surface area contributed by atoms with Gasteiger partial charge in [0.25, 0.3) is 0 Å². The molecule has 0 fully saturated rings. The highest BCUT2D eigenvalue weighted by molar-refractivity contribution is 7.90. The average molecular weight is 371 g/mol. The SMILES string of the molecule is CC1N(C(=O)[O-])C=CN1c1c([N+](=O)[O-])cc(S(C)(=O)=O)cc1[N+](=O)[O-]. The molecule has 25 heavy (non-hydrogen) atoms. The van der Waals surface area contributed by atoms with E-state index < -0.39 is 53.9 Å². The molecule has 1 atom stereocenters. The first-order chi connectivity index (χ1) is 11.4. The second kappa shape index (κ2) is 6.01. The highest BCUT2D eigenvalue weighted by Gasteiger charge is 2.37. The van der Waals surface area contributed by atoms with Crippen LogP contribution in [-0.4, -0.2) is 41.7 Å². The number of carbonyl (C=O) groups is 1. The largest absolute Gasteiger partial charge is 0.530 e. The molecule has 0 saturated carbocycles. The molecule has 2 rings (SSSR count). The molecule has 1 aromatic carbocycles. The molecule has 1 amide bonds. The van der Waals surface area contributed by atoms with E-state index in [1.165, 1.54) is 6.92 Å². The summed E-state index contributed by atoms with van der Waals surface area (Å²) in [5.74, 6) is 0. The van der Waals surface area contributed by atoms with Crippen molar-refractivity contribution in [3.05, 3.63) is 44.8 Å². The quantitative estimate of drug-likeness (QED) is 0.530. The van der Waals surface area contributed by atoms with Crippen LogP contribution in [0.25, 0.3) is 0 Å². The molecule has 0 saturated heterocycles. The molecule has 1 heterocycles. The summed E-state index contributed by atoms with van der Waals surface area (Å²) < 4.78 is 23.3. The van der Waals surface area contributed by atoms with Gasteiger partial charge in [-0.2, -0.15) is 0 Å². The van der Waals surface area contributed by atoms with Gasteiger partial charge in [-0.05, 0) is 6.92 Å². The van der Waals surface area contributed by atoms with Crippen LogP contribution in [0.1, 0.15) is 6.92 Å². The fourth-order valence-electron chi connectivity index (χ4n) is 2.34. The van der Waals surface area contributed by atoms with Gasteiger partial charge in [0.05, 0.1) is 14.7 Å². The molecule has 0 radical (unpaired) electrons. The van der Waals surface area contributed by atoms with Crippen LogP contribution in [0.3, 0.4) is 0 Å². The van der Waals surface area contributed by atoms with Crippen molar-refractivity contribution < 1.29 is 28.2 Å². The molecule has 0 spiro atoms. The predicted molar refractivity (Wildman–Crippen MR) is 81.2 cm³/mol. The minimum Gasteiger partial charge on any atom is -0.530 e. The van der Waals surface area contributed by atoms with Crippen LogP contribution in [0.2, 0.25) is 0 Å². The molecule has 1 unspecified atom stereocenters. The summed E-state index contributed by atoms with van der Waals surface area (Å²) in [5.41, 5.74) is -2.22. The zero-order chi connectivity index (χ0) is 19.1. The monoisotopic (exact) mass is 371 g/mol. The van der Waals surface area contributed by atoms with E-state index in [0.29, 0.717) is 17.0 Å². The van der Waals surface area contributed by atoms with Crippen LogP contribution in [0.5, 0.6) is 0 Å². The molecule has 13 heteroatoms. The predicted octanol–water partition coefficient (Wildman–Crippen LogP) is 0.189. The van der Waals surface area contributed by atoms with Crippen molar-refractivity contribution in [2.75, 3.05) is 11.2 Å². The van der Waals surface area contributed by atoms with Crippen molar-refractivity contribution in [3.63, 3.8) is 0 Å². The van der Waals surface area contributed by atoms with Crippen LogP contribution in [0, 0.1) is 20.2 Å². The van der Waals surface area contributed by atoms with Crippen molar-refractivity contribution in [1.82, 2.24) is 4.90 Å². The second-order valence-corrected chi connectivity index (χ2v) is 7.12. The van der Waals surface area contributed by atoms with E-state index in [-0.39, 0.29) is 0 Å². The maximum Gasteiger partial charge on any atom is 0.301 e. The average Bonchev–Trinajstić information content (AvgIpc) is 2.86. The summed E-state index contributed by atoms with van der Waals surface area (Å²) in [6.07, 6.45) is 0.204. The Kier molecular flexibility index (Phi) is 4.36. The number of rotatable bonds is 4. The molecule has 0 bridgehead atoms. The Labute approximate surface area is 140 Å². The summed E-state index contributed by atoms with van der Waals surface area (Å²) in [4.78, 5) is 32.8. The fourth-order valence-corrected chi connectivity index (χ4v) is 2.99. The lowest BCUT2D eigenvalue weighted by molar-refractivity contribution is -0.393. The third-order valence-electron chi connectivity index (χ3n) is 3.53. The van der Waals surface area contributed by atoms with E-state index in [9.17, 15) is 38.5 Å². The van der Waals surface area contributed by atoms with Gasteiger partial charge in [-0.15, -0.1) is 0 Å². The van der Waals surface area contributed by atoms with Crippen molar-refractivity contribution >= 4 is 33.0 Å². The summed E-state index contributed by atoms with van der Waals surface area (Å²) >= 11 is 0. The van der Waals surface area contributed by atoms with Crippen LogP contribution >= 0.6 is 0 Å². The number of carbonyl (C=O) groups excluding carboxylic acids is 1. The second-order valence-electron chi connectivity index (χ2n) is 5.11. The lowest BCUT2D eigenvalue weighted by Crippen LogP contribution is -2.45. The van der Waals surface area contributed by atoms with Gasteiger partial charge >= 0.3 is 11.4 Å². The van der Waals surface area contributed by atoms with Gasteiger partial charge < -0.3 is 19.7 Å². The molecular formula is C12H11N4O8S-. The Balaban J connectivity index is 2.77. The Morgan fingerprint density at radius 3 is 1.92 bits per heavy atom. The zero-order valence-electron chi connectivity index (χ0n) is 12.8. The summed E-state index contributed by atoms with van der Waals surface area (Å²) in [5, 5.41) is 33.7. The molecule has 1 aromatic rings. The van der Waals surface area contributed by atoms with Crippen molar-refractivity contribution in [2.45, 2.75) is 18.0 Å². The molecule has 1 aliphatic rings. The molecule has 12 nitrogen and oxygen atoms in total.